The molecule has 1 unspecified atom stereocenters. The van der Waals surface area contributed by atoms with Crippen LogP contribution in [0, 0.1) is 0 Å². The fourth-order valence-corrected chi connectivity index (χ4v) is 8.21. The Labute approximate surface area is 474 Å². The van der Waals surface area contributed by atoms with Crippen LogP contribution in [0.2, 0.25) is 0 Å². The summed E-state index contributed by atoms with van der Waals surface area (Å²) in [5.74, 6) is -0.942. The highest BCUT2D eigenvalue weighted by Gasteiger charge is 2.19. The number of carbonyl (C=O) groups is 3. The molecule has 0 bridgehead atoms. The summed E-state index contributed by atoms with van der Waals surface area (Å²) >= 11 is 0. The molecule has 0 heterocycles. The van der Waals surface area contributed by atoms with Crippen molar-refractivity contribution < 1.29 is 28.6 Å². The molecule has 0 spiro atoms. The largest absolute Gasteiger partial charge is 0.462 e. The Hall–Kier alpha value is -4.71. The maximum Gasteiger partial charge on any atom is 0.306 e. The van der Waals surface area contributed by atoms with Gasteiger partial charge in [0.2, 0.25) is 0 Å². The number of ether oxygens (including phenoxy) is 3. The monoisotopic (exact) mass is 1060 g/mol. The second-order valence-corrected chi connectivity index (χ2v) is 20.2. The summed E-state index contributed by atoms with van der Waals surface area (Å²) in [5.41, 5.74) is 0. The quantitative estimate of drug-likeness (QED) is 0.0261. The van der Waals surface area contributed by atoms with Crippen LogP contribution in [0.4, 0.5) is 0 Å². The first-order valence-corrected chi connectivity index (χ1v) is 31.3. The molecule has 0 rings (SSSR count). The van der Waals surface area contributed by atoms with Gasteiger partial charge in [-0.05, 0) is 122 Å². The smallest absolute Gasteiger partial charge is 0.306 e. The number of hydrogen-bond donors (Lipinski definition) is 0. The van der Waals surface area contributed by atoms with Crippen molar-refractivity contribution in [3.8, 4) is 0 Å². The zero-order valence-electron chi connectivity index (χ0n) is 49.7. The van der Waals surface area contributed by atoms with Gasteiger partial charge in [0, 0.05) is 19.3 Å². The maximum atomic E-state index is 12.9. The molecule has 434 valence electrons. The van der Waals surface area contributed by atoms with Crippen LogP contribution in [0.25, 0.3) is 0 Å². The third kappa shape index (κ3) is 62.0. The minimum atomic E-state index is -0.802. The Kier molecular flexibility index (Phi) is 59.9. The van der Waals surface area contributed by atoms with E-state index in [1.54, 1.807) is 0 Å². The second kappa shape index (κ2) is 63.8. The Morgan fingerprint density at radius 2 is 0.506 bits per heavy atom. The third-order valence-electron chi connectivity index (χ3n) is 12.8. The van der Waals surface area contributed by atoms with Crippen molar-refractivity contribution in [2.45, 2.75) is 271 Å². The number of hydrogen-bond acceptors (Lipinski definition) is 6. The highest BCUT2D eigenvalue weighted by molar-refractivity contribution is 5.71. The van der Waals surface area contributed by atoms with Crippen molar-refractivity contribution in [1.82, 2.24) is 0 Å². The van der Waals surface area contributed by atoms with Crippen LogP contribution in [-0.4, -0.2) is 37.2 Å². The van der Waals surface area contributed by atoms with Crippen molar-refractivity contribution in [3.63, 3.8) is 0 Å². The van der Waals surface area contributed by atoms with Gasteiger partial charge in [0.25, 0.3) is 0 Å². The normalized spacial score (nSPS) is 13.1. The standard InChI is InChI=1S/C71H114O6/c1-4-7-10-13-16-19-22-24-26-28-29-30-31-32-33-34-35-36-37-38-39-40-41-43-44-46-49-52-55-58-61-64-70(73)76-67-68(66-75-69(72)63-60-57-54-51-48-21-18-15-12-9-6-3)77-71(74)65-62-59-56-53-50-47-45-42-27-25-23-20-17-14-11-8-5-2/h7-8,10-11,16-17,19-20,24-27,29-30,32-33,35-36,38-39,41,43,46,49,68H,4-6,9,12-15,18,21-23,28,31,34,37,40,42,44-45,47-48,50-67H2,1-3H3/b10-7-,11-8-,19-16-,20-17-,26-24-,27-25-,30-29-,33-32-,36-35-,39-38-,43-41-,49-46-. The Morgan fingerprint density at radius 1 is 0.273 bits per heavy atom. The van der Waals surface area contributed by atoms with Crippen LogP contribution in [0.5, 0.6) is 0 Å². The van der Waals surface area contributed by atoms with E-state index in [0.717, 1.165) is 148 Å². The van der Waals surface area contributed by atoms with Gasteiger partial charge in [-0.2, -0.15) is 0 Å². The fourth-order valence-electron chi connectivity index (χ4n) is 8.21. The highest BCUT2D eigenvalue weighted by Crippen LogP contribution is 2.15. The molecule has 0 radical (unpaired) electrons. The third-order valence-corrected chi connectivity index (χ3v) is 12.8. The lowest BCUT2D eigenvalue weighted by molar-refractivity contribution is -0.167. The molecule has 1 atom stereocenters. The molecule has 0 aliphatic carbocycles. The van der Waals surface area contributed by atoms with Gasteiger partial charge in [-0.1, -0.05) is 269 Å². The van der Waals surface area contributed by atoms with Crippen LogP contribution in [0.15, 0.2) is 146 Å². The van der Waals surface area contributed by atoms with E-state index < -0.39 is 6.10 Å². The fraction of sp³-hybridized carbons (Fsp3) is 0.620. The summed E-state index contributed by atoms with van der Waals surface area (Å²) < 4.78 is 16.8. The lowest BCUT2D eigenvalue weighted by atomic mass is 10.1. The highest BCUT2D eigenvalue weighted by atomic mass is 16.6. The van der Waals surface area contributed by atoms with Crippen molar-refractivity contribution in [3.05, 3.63) is 146 Å². The van der Waals surface area contributed by atoms with E-state index in [9.17, 15) is 14.4 Å². The van der Waals surface area contributed by atoms with Crippen molar-refractivity contribution in [1.29, 1.82) is 0 Å². The Morgan fingerprint density at radius 3 is 0.805 bits per heavy atom. The lowest BCUT2D eigenvalue weighted by Gasteiger charge is -2.18. The molecule has 0 saturated heterocycles. The molecule has 0 saturated carbocycles. The summed E-state index contributed by atoms with van der Waals surface area (Å²) in [7, 11) is 0. The molecule has 6 nitrogen and oxygen atoms in total. The van der Waals surface area contributed by atoms with Gasteiger partial charge < -0.3 is 14.2 Å². The first kappa shape index (κ1) is 72.3. The Bertz CT molecular complexity index is 1700. The predicted octanol–water partition coefficient (Wildman–Crippen LogP) is 21.5. The van der Waals surface area contributed by atoms with Crippen LogP contribution in [0.1, 0.15) is 265 Å². The molecule has 0 aromatic carbocycles. The van der Waals surface area contributed by atoms with E-state index in [0.29, 0.717) is 19.3 Å². The first-order chi connectivity index (χ1) is 38.0. The van der Waals surface area contributed by atoms with E-state index in [1.807, 2.05) is 0 Å². The number of esters is 3. The first-order valence-electron chi connectivity index (χ1n) is 31.3. The summed E-state index contributed by atoms with van der Waals surface area (Å²) in [6, 6.07) is 0. The molecule has 0 aliphatic rings. The molecule has 0 N–H and O–H groups in total. The van der Waals surface area contributed by atoms with Crippen LogP contribution in [-0.2, 0) is 28.6 Å². The van der Waals surface area contributed by atoms with Crippen LogP contribution < -0.4 is 0 Å². The predicted molar refractivity (Wildman–Crippen MR) is 334 cm³/mol. The minimum Gasteiger partial charge on any atom is -0.462 e. The molecule has 0 aromatic rings. The van der Waals surface area contributed by atoms with E-state index in [1.165, 1.54) is 77.0 Å². The average molecular weight is 1060 g/mol. The van der Waals surface area contributed by atoms with Crippen LogP contribution in [0.3, 0.4) is 0 Å². The van der Waals surface area contributed by atoms with E-state index in [2.05, 4.69) is 167 Å². The molecular weight excluding hydrogens is 949 g/mol. The lowest BCUT2D eigenvalue weighted by Crippen LogP contribution is -2.30. The van der Waals surface area contributed by atoms with E-state index >= 15 is 0 Å². The van der Waals surface area contributed by atoms with Gasteiger partial charge >= 0.3 is 17.9 Å². The average Bonchev–Trinajstić information content (AvgIpc) is 3.43. The molecule has 0 aromatic heterocycles. The minimum absolute atomic E-state index is 0.0955. The summed E-state index contributed by atoms with van der Waals surface area (Å²) in [4.78, 5) is 38.2. The second-order valence-electron chi connectivity index (χ2n) is 20.2. The van der Waals surface area contributed by atoms with Gasteiger partial charge in [-0.15, -0.1) is 0 Å². The number of rotatable bonds is 55. The summed E-state index contributed by atoms with van der Waals surface area (Å²) in [5, 5.41) is 0. The number of allylic oxidation sites excluding steroid dienone is 24. The zero-order valence-corrected chi connectivity index (χ0v) is 49.7. The van der Waals surface area contributed by atoms with E-state index in [4.69, 9.17) is 14.2 Å². The van der Waals surface area contributed by atoms with Gasteiger partial charge in [-0.3, -0.25) is 14.4 Å². The molecular formula is C71H114O6. The van der Waals surface area contributed by atoms with Crippen molar-refractivity contribution in [2.75, 3.05) is 13.2 Å². The molecule has 77 heavy (non-hydrogen) atoms. The molecule has 0 amide bonds. The SMILES string of the molecule is CC/C=C\C/C=C\C/C=C\C/C=C\C/C=C\C/C=C\C/C=C\C/C=C\C/C=C\CCCCCC(=O)OCC(COC(=O)CCCCCCCCCCCCC)OC(=O)CCCCCCCCC/C=C\C/C=C\C/C=C\CC. The topological polar surface area (TPSA) is 78.9 Å². The van der Waals surface area contributed by atoms with Gasteiger partial charge in [0.15, 0.2) is 6.10 Å². The summed E-state index contributed by atoms with van der Waals surface area (Å²) in [6.07, 6.45) is 91.4. The molecule has 0 aliphatic heterocycles. The molecule has 0 fully saturated rings. The van der Waals surface area contributed by atoms with Crippen molar-refractivity contribution >= 4 is 17.9 Å². The molecule has 6 heteroatoms. The number of unbranched alkanes of at least 4 members (excludes halogenated alkanes) is 20. The summed E-state index contributed by atoms with van der Waals surface area (Å²) in [6.45, 7) is 6.37. The maximum absolute atomic E-state index is 12.9. The van der Waals surface area contributed by atoms with Crippen molar-refractivity contribution in [2.24, 2.45) is 0 Å². The zero-order chi connectivity index (χ0) is 55.7. The van der Waals surface area contributed by atoms with Crippen LogP contribution >= 0.6 is 0 Å². The Balaban J connectivity index is 4.37. The van der Waals surface area contributed by atoms with Gasteiger partial charge in [0.05, 0.1) is 0 Å². The van der Waals surface area contributed by atoms with Gasteiger partial charge in [0.1, 0.15) is 13.2 Å². The number of carbonyl (C=O) groups excluding carboxylic acids is 3. The van der Waals surface area contributed by atoms with Gasteiger partial charge in [-0.25, -0.2) is 0 Å². The van der Waals surface area contributed by atoms with E-state index in [-0.39, 0.29) is 31.1 Å².